The van der Waals surface area contributed by atoms with Crippen molar-refractivity contribution in [2.75, 3.05) is 13.6 Å². The number of hydrogen-bond donors (Lipinski definition) is 3. The molecule has 0 aromatic heterocycles. The van der Waals surface area contributed by atoms with Crippen LogP contribution in [0, 0.1) is 11.3 Å². The van der Waals surface area contributed by atoms with E-state index in [0.29, 0.717) is 18.0 Å². The second-order valence-electron chi connectivity index (χ2n) is 11.1. The van der Waals surface area contributed by atoms with Gasteiger partial charge in [-0.25, -0.2) is 0 Å². The number of fused-ring (bicyclic) bond motifs is 2. The molecule has 7 heteroatoms. The Balaban J connectivity index is 1.51. The Labute approximate surface area is 208 Å². The average molecular weight is 479 g/mol. The van der Waals surface area contributed by atoms with Crippen LogP contribution in [0.4, 0.5) is 0 Å². The van der Waals surface area contributed by atoms with Gasteiger partial charge in [0.05, 0.1) is 12.1 Å². The summed E-state index contributed by atoms with van der Waals surface area (Å²) in [6.07, 6.45) is 2.76. The number of benzene rings is 2. The predicted molar refractivity (Wildman–Crippen MR) is 138 cm³/mol. The van der Waals surface area contributed by atoms with Crippen LogP contribution < -0.4 is 16.0 Å². The quantitative estimate of drug-likeness (QED) is 0.595. The Morgan fingerprint density at radius 1 is 1.00 bits per heavy atom. The van der Waals surface area contributed by atoms with Gasteiger partial charge in [-0.15, -0.1) is 0 Å². The topological polar surface area (TPSA) is 90.5 Å². The van der Waals surface area contributed by atoms with E-state index in [0.717, 1.165) is 30.0 Å². The average Bonchev–Trinajstić information content (AvgIpc) is 3.43. The number of amides is 3. The van der Waals surface area contributed by atoms with Crippen molar-refractivity contribution in [3.05, 3.63) is 48.0 Å². The van der Waals surface area contributed by atoms with Crippen LogP contribution in [0.5, 0.6) is 0 Å². The lowest BCUT2D eigenvalue weighted by Gasteiger charge is -2.37. The van der Waals surface area contributed by atoms with Gasteiger partial charge in [0.25, 0.3) is 5.91 Å². The number of carbonyl (C=O) groups excluding carboxylic acids is 3. The van der Waals surface area contributed by atoms with E-state index < -0.39 is 11.5 Å². The molecule has 7 nitrogen and oxygen atoms in total. The van der Waals surface area contributed by atoms with Crippen LogP contribution in [-0.4, -0.2) is 60.4 Å². The fourth-order valence-electron chi connectivity index (χ4n) is 5.51. The van der Waals surface area contributed by atoms with Crippen molar-refractivity contribution in [3.8, 4) is 0 Å². The summed E-state index contributed by atoms with van der Waals surface area (Å²) in [5.41, 5.74) is 0.185. The van der Waals surface area contributed by atoms with Gasteiger partial charge in [0.1, 0.15) is 6.04 Å². The fraction of sp³-hybridized carbons (Fsp3) is 0.536. The van der Waals surface area contributed by atoms with Crippen molar-refractivity contribution in [1.82, 2.24) is 20.9 Å². The summed E-state index contributed by atoms with van der Waals surface area (Å²) >= 11 is 0. The molecule has 35 heavy (non-hydrogen) atoms. The minimum atomic E-state index is -0.637. The number of nitrogens with one attached hydrogen (secondary N) is 3. The Kier molecular flexibility index (Phi) is 7.17. The molecule has 1 aliphatic carbocycles. The molecule has 5 atom stereocenters. The molecular formula is C28H38N4O3. The Morgan fingerprint density at radius 2 is 1.71 bits per heavy atom. The number of nitrogens with zero attached hydrogens (tertiary/aromatic N) is 1. The highest BCUT2D eigenvalue weighted by Gasteiger charge is 2.49. The van der Waals surface area contributed by atoms with Gasteiger partial charge in [0, 0.05) is 18.2 Å². The van der Waals surface area contributed by atoms with E-state index in [1.807, 2.05) is 68.1 Å². The van der Waals surface area contributed by atoms with Crippen LogP contribution in [0.15, 0.2) is 42.5 Å². The number of likely N-dealkylation sites (tertiary alicyclic amines) is 1. The minimum absolute atomic E-state index is 0.0459. The van der Waals surface area contributed by atoms with Crippen LogP contribution in [0.1, 0.15) is 57.3 Å². The zero-order valence-electron chi connectivity index (χ0n) is 21.4. The van der Waals surface area contributed by atoms with Crippen molar-refractivity contribution in [2.24, 2.45) is 11.3 Å². The van der Waals surface area contributed by atoms with Gasteiger partial charge in [-0.1, -0.05) is 51.1 Å². The molecule has 188 valence electrons. The molecule has 0 bridgehead atoms. The summed E-state index contributed by atoms with van der Waals surface area (Å²) < 4.78 is 0. The molecule has 2 fully saturated rings. The summed E-state index contributed by atoms with van der Waals surface area (Å²) in [7, 11) is 1.73. The first-order chi connectivity index (χ1) is 16.6. The van der Waals surface area contributed by atoms with Crippen molar-refractivity contribution in [2.45, 2.75) is 71.1 Å². The molecule has 3 N–H and O–H groups in total. The molecule has 1 saturated heterocycles. The first-order valence-corrected chi connectivity index (χ1v) is 12.7. The van der Waals surface area contributed by atoms with Crippen LogP contribution in [-0.2, 0) is 9.59 Å². The lowest BCUT2D eigenvalue weighted by molar-refractivity contribution is -0.141. The molecular weight excluding hydrogens is 440 g/mol. The van der Waals surface area contributed by atoms with Crippen LogP contribution in [0.3, 0.4) is 0 Å². The highest BCUT2D eigenvalue weighted by atomic mass is 16.2. The fourth-order valence-corrected chi connectivity index (χ4v) is 5.51. The van der Waals surface area contributed by atoms with Crippen molar-refractivity contribution in [3.63, 3.8) is 0 Å². The maximum atomic E-state index is 13.8. The highest BCUT2D eigenvalue weighted by molar-refractivity contribution is 5.99. The van der Waals surface area contributed by atoms with Crippen molar-refractivity contribution in [1.29, 1.82) is 0 Å². The van der Waals surface area contributed by atoms with Crippen molar-refractivity contribution >= 4 is 28.5 Å². The summed E-state index contributed by atoms with van der Waals surface area (Å²) in [6.45, 7) is 8.35. The molecule has 4 rings (SSSR count). The van der Waals surface area contributed by atoms with Gasteiger partial charge >= 0.3 is 0 Å². The third-order valence-electron chi connectivity index (χ3n) is 7.68. The maximum Gasteiger partial charge on any atom is 0.251 e. The van der Waals surface area contributed by atoms with E-state index in [2.05, 4.69) is 16.0 Å². The SMILES string of the molecule is CNC(C)C(=O)NC(C(=O)N1CCC2CCC(NC(=O)c3ccc4ccccc4c3)C21)C(C)(C)C. The lowest BCUT2D eigenvalue weighted by Crippen LogP contribution is -2.60. The van der Waals surface area contributed by atoms with E-state index in [4.69, 9.17) is 0 Å². The number of rotatable bonds is 6. The molecule has 3 amide bonds. The Bertz CT molecular complexity index is 1110. The molecule has 1 aliphatic heterocycles. The molecule has 5 unspecified atom stereocenters. The van der Waals surface area contributed by atoms with Crippen molar-refractivity contribution < 1.29 is 14.4 Å². The molecule has 0 radical (unpaired) electrons. The van der Waals surface area contributed by atoms with E-state index in [-0.39, 0.29) is 35.8 Å². The summed E-state index contributed by atoms with van der Waals surface area (Å²) in [5.74, 6) is 0.00948. The maximum absolute atomic E-state index is 13.8. The van der Waals surface area contributed by atoms with E-state index in [1.165, 1.54) is 0 Å². The van der Waals surface area contributed by atoms with Crippen LogP contribution in [0.2, 0.25) is 0 Å². The highest BCUT2D eigenvalue weighted by Crippen LogP contribution is 2.39. The number of carbonyl (C=O) groups is 3. The second kappa shape index (κ2) is 9.97. The monoisotopic (exact) mass is 478 g/mol. The second-order valence-corrected chi connectivity index (χ2v) is 11.1. The smallest absolute Gasteiger partial charge is 0.251 e. The van der Waals surface area contributed by atoms with Crippen LogP contribution >= 0.6 is 0 Å². The van der Waals surface area contributed by atoms with E-state index >= 15 is 0 Å². The first kappa shape index (κ1) is 25.2. The largest absolute Gasteiger partial charge is 0.347 e. The Hall–Kier alpha value is -2.93. The van der Waals surface area contributed by atoms with E-state index in [1.54, 1.807) is 14.0 Å². The minimum Gasteiger partial charge on any atom is -0.347 e. The van der Waals surface area contributed by atoms with Gasteiger partial charge in [-0.05, 0) is 67.5 Å². The third-order valence-corrected chi connectivity index (χ3v) is 7.68. The van der Waals surface area contributed by atoms with Gasteiger partial charge in [0.15, 0.2) is 0 Å². The van der Waals surface area contributed by atoms with E-state index in [9.17, 15) is 14.4 Å². The molecule has 2 aliphatic rings. The van der Waals surface area contributed by atoms with Gasteiger partial charge in [-0.3, -0.25) is 14.4 Å². The summed E-state index contributed by atoms with van der Waals surface area (Å²) in [4.78, 5) is 41.5. The van der Waals surface area contributed by atoms with Gasteiger partial charge in [0.2, 0.25) is 11.8 Å². The third kappa shape index (κ3) is 5.20. The van der Waals surface area contributed by atoms with Gasteiger partial charge < -0.3 is 20.9 Å². The molecule has 0 spiro atoms. The molecule has 2 aromatic carbocycles. The predicted octanol–water partition coefficient (Wildman–Crippen LogP) is 3.09. The normalized spacial score (nSPS) is 23.6. The summed E-state index contributed by atoms with van der Waals surface area (Å²) in [6, 6.07) is 12.6. The summed E-state index contributed by atoms with van der Waals surface area (Å²) in [5, 5.41) is 11.3. The molecule has 1 saturated carbocycles. The zero-order chi connectivity index (χ0) is 25.3. The van der Waals surface area contributed by atoms with Gasteiger partial charge in [-0.2, -0.15) is 0 Å². The zero-order valence-corrected chi connectivity index (χ0v) is 21.4. The standard InChI is InChI=1S/C28H38N4O3/c1-17(29-5)25(33)31-24(28(2,3)4)27(35)32-15-14-19-12-13-22(23(19)32)30-26(34)21-11-10-18-8-6-7-9-20(18)16-21/h6-11,16-17,19,22-24,29H,12-15H2,1-5H3,(H,30,34)(H,31,33). The lowest BCUT2D eigenvalue weighted by atomic mass is 9.85. The number of hydrogen-bond acceptors (Lipinski definition) is 4. The number of likely N-dealkylation sites (N-methyl/N-ethyl adjacent to an activating group) is 1. The molecule has 2 aromatic rings. The molecule has 1 heterocycles. The Morgan fingerprint density at radius 3 is 2.40 bits per heavy atom. The van der Waals surface area contributed by atoms with Crippen LogP contribution in [0.25, 0.3) is 10.8 Å². The first-order valence-electron chi connectivity index (χ1n) is 12.7.